The molecule has 1 aliphatic rings. The van der Waals surface area contributed by atoms with E-state index in [9.17, 15) is 40.2 Å². The van der Waals surface area contributed by atoms with Crippen molar-refractivity contribution in [1.29, 1.82) is 0 Å². The van der Waals surface area contributed by atoms with Crippen LogP contribution >= 0.6 is 0 Å². The zero-order chi connectivity index (χ0) is 23.2. The van der Waals surface area contributed by atoms with Crippen LogP contribution < -0.4 is 10.2 Å². The summed E-state index contributed by atoms with van der Waals surface area (Å²) >= 11 is 0. The van der Waals surface area contributed by atoms with Crippen LogP contribution in [0.1, 0.15) is 0 Å². The number of fused-ring (bicyclic) bond motifs is 1. The summed E-state index contributed by atoms with van der Waals surface area (Å²) in [6, 6.07) is 7.90. The standard InChI is InChI=1S/C21H18O11/c22-9-3-1-8(2-4-9)11-7-30-12-5-10(23)6-13(14(12)15(11)24)31-21-18(27)16(25)17(26)19(32-21)20(28)29/h1-7,16-19,21-23,25-27H,(H,28,29)/t16-,17-,18+,19-,21+/m0/s1. The van der Waals surface area contributed by atoms with Crippen molar-refractivity contribution in [3.63, 3.8) is 0 Å². The third-order valence-corrected chi connectivity index (χ3v) is 5.06. The molecule has 0 amide bonds. The number of carboxylic acid groups (broad SMARTS) is 1. The molecule has 5 atom stereocenters. The Morgan fingerprint density at radius 3 is 2.28 bits per heavy atom. The molecule has 1 aliphatic heterocycles. The predicted molar refractivity (Wildman–Crippen MR) is 106 cm³/mol. The van der Waals surface area contributed by atoms with Crippen LogP contribution in [0.5, 0.6) is 17.2 Å². The van der Waals surface area contributed by atoms with E-state index in [2.05, 4.69) is 0 Å². The average molecular weight is 446 g/mol. The number of rotatable bonds is 4. The van der Waals surface area contributed by atoms with E-state index in [1.165, 1.54) is 24.3 Å². The van der Waals surface area contributed by atoms with Crippen LogP contribution in [0.4, 0.5) is 0 Å². The zero-order valence-electron chi connectivity index (χ0n) is 16.2. The van der Waals surface area contributed by atoms with Crippen LogP contribution in [0.25, 0.3) is 22.1 Å². The summed E-state index contributed by atoms with van der Waals surface area (Å²) < 4.78 is 16.0. The molecule has 11 nitrogen and oxygen atoms in total. The van der Waals surface area contributed by atoms with Crippen LogP contribution in [0.15, 0.2) is 51.9 Å². The van der Waals surface area contributed by atoms with Crippen molar-refractivity contribution < 1.29 is 49.3 Å². The molecular weight excluding hydrogens is 428 g/mol. The van der Waals surface area contributed by atoms with Crippen molar-refractivity contribution in [2.75, 3.05) is 0 Å². The monoisotopic (exact) mass is 446 g/mol. The molecule has 4 rings (SSSR count). The molecule has 1 saturated heterocycles. The highest BCUT2D eigenvalue weighted by Crippen LogP contribution is 2.33. The molecule has 32 heavy (non-hydrogen) atoms. The van der Waals surface area contributed by atoms with E-state index in [1.807, 2.05) is 0 Å². The van der Waals surface area contributed by atoms with Crippen LogP contribution in [-0.4, -0.2) is 67.3 Å². The number of phenols is 2. The Morgan fingerprint density at radius 1 is 0.938 bits per heavy atom. The number of hydrogen-bond donors (Lipinski definition) is 6. The number of hydrogen-bond acceptors (Lipinski definition) is 10. The van der Waals surface area contributed by atoms with Gasteiger partial charge in [0.25, 0.3) is 0 Å². The number of phenolic OH excluding ortho intramolecular Hbond substituents is 2. The van der Waals surface area contributed by atoms with E-state index in [4.69, 9.17) is 13.9 Å². The Balaban J connectivity index is 1.80. The van der Waals surface area contributed by atoms with Crippen molar-refractivity contribution >= 4 is 16.9 Å². The smallest absolute Gasteiger partial charge is 0.335 e. The summed E-state index contributed by atoms with van der Waals surface area (Å²) in [4.78, 5) is 24.5. The van der Waals surface area contributed by atoms with Crippen molar-refractivity contribution in [2.45, 2.75) is 30.7 Å². The summed E-state index contributed by atoms with van der Waals surface area (Å²) in [6.45, 7) is 0. The molecule has 2 heterocycles. The number of aliphatic hydroxyl groups excluding tert-OH is 3. The van der Waals surface area contributed by atoms with Crippen molar-refractivity contribution in [1.82, 2.24) is 0 Å². The summed E-state index contributed by atoms with van der Waals surface area (Å²) in [7, 11) is 0. The molecule has 168 valence electrons. The molecule has 3 aromatic rings. The highest BCUT2D eigenvalue weighted by Gasteiger charge is 2.48. The minimum atomic E-state index is -1.92. The van der Waals surface area contributed by atoms with Gasteiger partial charge in [0.15, 0.2) is 6.10 Å². The van der Waals surface area contributed by atoms with Crippen molar-refractivity contribution in [2.24, 2.45) is 0 Å². The Hall–Kier alpha value is -3.64. The first-order valence-corrected chi connectivity index (χ1v) is 9.34. The number of aliphatic hydroxyl groups is 3. The first kappa shape index (κ1) is 21.6. The van der Waals surface area contributed by atoms with E-state index in [0.717, 1.165) is 18.4 Å². The van der Waals surface area contributed by atoms with Crippen LogP contribution in [0, 0.1) is 0 Å². The van der Waals surface area contributed by atoms with Gasteiger partial charge >= 0.3 is 5.97 Å². The van der Waals surface area contributed by atoms with Gasteiger partial charge in [0.05, 0.1) is 5.56 Å². The number of carbonyl (C=O) groups is 1. The lowest BCUT2D eigenvalue weighted by molar-refractivity contribution is -0.270. The highest BCUT2D eigenvalue weighted by molar-refractivity contribution is 5.88. The minimum Gasteiger partial charge on any atom is -0.508 e. The van der Waals surface area contributed by atoms with E-state index >= 15 is 0 Å². The molecule has 11 heteroatoms. The van der Waals surface area contributed by atoms with E-state index in [-0.39, 0.29) is 33.8 Å². The van der Waals surface area contributed by atoms with E-state index < -0.39 is 42.1 Å². The Kier molecular flexibility index (Phi) is 5.48. The summed E-state index contributed by atoms with van der Waals surface area (Å²) in [5.41, 5.74) is -0.159. The quantitative estimate of drug-likeness (QED) is 0.320. The second kappa shape index (κ2) is 8.13. The second-order valence-corrected chi connectivity index (χ2v) is 7.20. The first-order valence-electron chi connectivity index (χ1n) is 9.34. The maximum absolute atomic E-state index is 13.2. The molecule has 1 fully saturated rings. The fourth-order valence-corrected chi connectivity index (χ4v) is 3.41. The number of carboxylic acids is 1. The summed E-state index contributed by atoms with van der Waals surface area (Å²) in [5, 5.41) is 58.5. The molecule has 0 bridgehead atoms. The fraction of sp³-hybridized carbons (Fsp3) is 0.238. The normalized spacial score (nSPS) is 25.5. The zero-order valence-corrected chi connectivity index (χ0v) is 16.2. The van der Waals surface area contributed by atoms with Gasteiger partial charge in [-0.25, -0.2) is 4.79 Å². The average Bonchev–Trinajstić information content (AvgIpc) is 2.74. The van der Waals surface area contributed by atoms with Gasteiger partial charge < -0.3 is 44.5 Å². The number of aliphatic carboxylic acids is 1. The Morgan fingerprint density at radius 2 is 1.62 bits per heavy atom. The summed E-state index contributed by atoms with van der Waals surface area (Å²) in [5.74, 6) is -2.29. The predicted octanol–water partition coefficient (Wildman–Crippen LogP) is 0.142. The largest absolute Gasteiger partial charge is 0.508 e. The molecule has 0 aliphatic carbocycles. The SMILES string of the molecule is O=C(O)[C@H]1O[C@@H](Oc2cc(O)cc3occ(-c4ccc(O)cc4)c(=O)c23)[C@H](O)[C@@H](O)[C@@H]1O. The third-order valence-electron chi connectivity index (χ3n) is 5.06. The molecular formula is C21H18O11. The van der Waals surface area contributed by atoms with Gasteiger partial charge in [-0.3, -0.25) is 4.79 Å². The van der Waals surface area contributed by atoms with Crippen LogP contribution in [0.2, 0.25) is 0 Å². The van der Waals surface area contributed by atoms with Crippen LogP contribution in [-0.2, 0) is 9.53 Å². The molecule has 0 radical (unpaired) electrons. The maximum Gasteiger partial charge on any atom is 0.335 e. The van der Waals surface area contributed by atoms with Gasteiger partial charge in [0.1, 0.15) is 52.8 Å². The maximum atomic E-state index is 13.2. The molecule has 0 saturated carbocycles. The molecule has 0 spiro atoms. The van der Waals surface area contributed by atoms with Gasteiger partial charge in [-0.15, -0.1) is 0 Å². The minimum absolute atomic E-state index is 0.00923. The summed E-state index contributed by atoms with van der Waals surface area (Å²) in [6.07, 6.45) is -8.25. The molecule has 2 aromatic carbocycles. The van der Waals surface area contributed by atoms with Crippen molar-refractivity contribution in [3.8, 4) is 28.4 Å². The topological polar surface area (TPSA) is 187 Å². The fourth-order valence-electron chi connectivity index (χ4n) is 3.41. The highest BCUT2D eigenvalue weighted by atomic mass is 16.7. The van der Waals surface area contributed by atoms with Gasteiger partial charge in [-0.1, -0.05) is 12.1 Å². The lowest BCUT2D eigenvalue weighted by Crippen LogP contribution is -2.61. The van der Waals surface area contributed by atoms with Gasteiger partial charge in [0, 0.05) is 12.1 Å². The van der Waals surface area contributed by atoms with Gasteiger partial charge in [0.2, 0.25) is 11.7 Å². The molecule has 6 N–H and O–H groups in total. The van der Waals surface area contributed by atoms with Crippen LogP contribution in [0.3, 0.4) is 0 Å². The molecule has 0 unspecified atom stereocenters. The van der Waals surface area contributed by atoms with Crippen molar-refractivity contribution in [3.05, 3.63) is 52.9 Å². The Labute approximate surface area is 178 Å². The lowest BCUT2D eigenvalue weighted by Gasteiger charge is -2.38. The Bertz CT molecular complexity index is 1220. The van der Waals surface area contributed by atoms with Gasteiger partial charge in [-0.05, 0) is 17.7 Å². The number of benzene rings is 2. The molecule has 1 aromatic heterocycles. The number of aromatic hydroxyl groups is 2. The number of ether oxygens (including phenoxy) is 2. The first-order chi connectivity index (χ1) is 15.2. The second-order valence-electron chi connectivity index (χ2n) is 7.20. The van der Waals surface area contributed by atoms with Gasteiger partial charge in [-0.2, -0.15) is 0 Å². The lowest BCUT2D eigenvalue weighted by atomic mass is 9.99. The van der Waals surface area contributed by atoms with E-state index in [0.29, 0.717) is 5.56 Å². The van der Waals surface area contributed by atoms with E-state index in [1.54, 1.807) is 0 Å². The third kappa shape index (κ3) is 3.74.